The van der Waals surface area contributed by atoms with Gasteiger partial charge in [0.05, 0.1) is 25.3 Å². The summed E-state index contributed by atoms with van der Waals surface area (Å²) < 4.78 is 10.3. The van der Waals surface area contributed by atoms with E-state index in [1.165, 1.54) is 18.4 Å². The molecule has 0 aliphatic rings. The van der Waals surface area contributed by atoms with Crippen molar-refractivity contribution >= 4 is 22.4 Å². The molecule has 1 atom stereocenters. The molecular formula is C15H18N2O4S. The van der Waals surface area contributed by atoms with E-state index in [2.05, 4.69) is 10.6 Å². The monoisotopic (exact) mass is 322 g/mol. The molecule has 3 N–H and O–H groups in total. The molecule has 1 heterocycles. The Balaban J connectivity index is 1.91. The van der Waals surface area contributed by atoms with Crippen molar-refractivity contribution in [3.8, 4) is 11.5 Å². The Labute approximate surface area is 132 Å². The van der Waals surface area contributed by atoms with Crippen LogP contribution >= 0.6 is 11.3 Å². The SMILES string of the molecule is COc1ccc(C(O)CNC(=O)Nc2cccs2)cc1OC. The fraction of sp³-hybridized carbons (Fsp3) is 0.267. The van der Waals surface area contributed by atoms with Crippen molar-refractivity contribution in [1.29, 1.82) is 0 Å². The number of ether oxygens (including phenoxy) is 2. The van der Waals surface area contributed by atoms with Crippen molar-refractivity contribution in [2.75, 3.05) is 26.1 Å². The average molecular weight is 322 g/mol. The molecule has 0 aliphatic carbocycles. The quantitative estimate of drug-likeness (QED) is 0.764. The van der Waals surface area contributed by atoms with Crippen LogP contribution in [-0.2, 0) is 0 Å². The molecule has 0 radical (unpaired) electrons. The topological polar surface area (TPSA) is 79.8 Å². The molecule has 7 heteroatoms. The maximum absolute atomic E-state index is 11.7. The minimum atomic E-state index is -0.839. The molecule has 2 rings (SSSR count). The second kappa shape index (κ2) is 7.67. The lowest BCUT2D eigenvalue weighted by Gasteiger charge is -2.15. The van der Waals surface area contributed by atoms with E-state index in [1.54, 1.807) is 31.4 Å². The van der Waals surface area contributed by atoms with Crippen molar-refractivity contribution < 1.29 is 19.4 Å². The van der Waals surface area contributed by atoms with E-state index in [0.717, 1.165) is 5.00 Å². The number of thiophene rings is 1. The van der Waals surface area contributed by atoms with Gasteiger partial charge in [0.1, 0.15) is 0 Å². The highest BCUT2D eigenvalue weighted by Crippen LogP contribution is 2.29. The van der Waals surface area contributed by atoms with Crippen LogP contribution in [0.2, 0.25) is 0 Å². The van der Waals surface area contributed by atoms with Gasteiger partial charge in [-0.05, 0) is 35.2 Å². The molecular weight excluding hydrogens is 304 g/mol. The Morgan fingerprint density at radius 2 is 2.05 bits per heavy atom. The van der Waals surface area contributed by atoms with E-state index in [1.807, 2.05) is 11.4 Å². The van der Waals surface area contributed by atoms with Gasteiger partial charge in [-0.2, -0.15) is 0 Å². The first-order chi connectivity index (χ1) is 10.6. The van der Waals surface area contributed by atoms with Gasteiger partial charge in [-0.15, -0.1) is 11.3 Å². The van der Waals surface area contributed by atoms with Crippen molar-refractivity contribution in [2.24, 2.45) is 0 Å². The van der Waals surface area contributed by atoms with Crippen molar-refractivity contribution in [1.82, 2.24) is 5.32 Å². The molecule has 0 aliphatic heterocycles. The molecule has 0 bridgehead atoms. The highest BCUT2D eigenvalue weighted by molar-refractivity contribution is 7.14. The number of urea groups is 1. The van der Waals surface area contributed by atoms with Crippen LogP contribution in [-0.4, -0.2) is 31.9 Å². The van der Waals surface area contributed by atoms with Crippen LogP contribution in [0.25, 0.3) is 0 Å². The van der Waals surface area contributed by atoms with Crippen molar-refractivity contribution in [3.05, 3.63) is 41.3 Å². The van der Waals surface area contributed by atoms with Crippen LogP contribution in [0.1, 0.15) is 11.7 Å². The average Bonchev–Trinajstić information content (AvgIpc) is 3.04. The number of aliphatic hydroxyl groups is 1. The van der Waals surface area contributed by atoms with Gasteiger partial charge in [0, 0.05) is 6.54 Å². The van der Waals surface area contributed by atoms with E-state index >= 15 is 0 Å². The first kappa shape index (κ1) is 16.1. The second-order valence-corrected chi connectivity index (χ2v) is 5.39. The third-order valence-corrected chi connectivity index (χ3v) is 3.79. The van der Waals surface area contributed by atoms with Crippen LogP contribution in [0.5, 0.6) is 11.5 Å². The number of hydrogen-bond acceptors (Lipinski definition) is 5. The summed E-state index contributed by atoms with van der Waals surface area (Å²) in [5, 5.41) is 18.1. The standard InChI is InChI=1S/C15H18N2O4S/c1-20-12-6-5-10(8-13(12)21-2)11(18)9-16-15(19)17-14-4-3-7-22-14/h3-8,11,18H,9H2,1-2H3,(H2,16,17,19). The molecule has 1 unspecified atom stereocenters. The molecule has 0 spiro atoms. The number of rotatable bonds is 6. The van der Waals surface area contributed by atoms with E-state index in [-0.39, 0.29) is 12.6 Å². The molecule has 2 aromatic rings. The van der Waals surface area contributed by atoms with Crippen LogP contribution in [0.3, 0.4) is 0 Å². The fourth-order valence-corrected chi connectivity index (χ4v) is 2.49. The maximum Gasteiger partial charge on any atom is 0.319 e. The number of nitrogens with one attached hydrogen (secondary N) is 2. The summed E-state index contributed by atoms with van der Waals surface area (Å²) in [6, 6.07) is 8.41. The predicted molar refractivity (Wildman–Crippen MR) is 85.8 cm³/mol. The number of benzene rings is 1. The van der Waals surface area contributed by atoms with Gasteiger partial charge < -0.3 is 19.9 Å². The van der Waals surface area contributed by atoms with Crippen LogP contribution in [0.4, 0.5) is 9.80 Å². The van der Waals surface area contributed by atoms with Gasteiger partial charge in [-0.1, -0.05) is 6.07 Å². The lowest BCUT2D eigenvalue weighted by Crippen LogP contribution is -2.32. The molecule has 0 saturated carbocycles. The smallest absolute Gasteiger partial charge is 0.319 e. The summed E-state index contributed by atoms with van der Waals surface area (Å²) in [4.78, 5) is 11.7. The highest BCUT2D eigenvalue weighted by atomic mass is 32.1. The Kier molecular flexibility index (Phi) is 5.62. The first-order valence-electron chi connectivity index (χ1n) is 6.62. The molecule has 22 heavy (non-hydrogen) atoms. The predicted octanol–water partition coefficient (Wildman–Crippen LogP) is 2.62. The Morgan fingerprint density at radius 3 is 2.68 bits per heavy atom. The zero-order valence-corrected chi connectivity index (χ0v) is 13.1. The highest BCUT2D eigenvalue weighted by Gasteiger charge is 2.13. The molecule has 1 aromatic heterocycles. The molecule has 1 aromatic carbocycles. The van der Waals surface area contributed by atoms with Gasteiger partial charge in [-0.25, -0.2) is 4.79 Å². The normalized spacial score (nSPS) is 11.6. The fourth-order valence-electron chi connectivity index (χ4n) is 1.87. The summed E-state index contributed by atoms with van der Waals surface area (Å²) in [5.74, 6) is 1.11. The Morgan fingerprint density at radius 1 is 1.27 bits per heavy atom. The minimum Gasteiger partial charge on any atom is -0.493 e. The summed E-state index contributed by atoms with van der Waals surface area (Å²) >= 11 is 1.43. The summed E-state index contributed by atoms with van der Waals surface area (Å²) in [7, 11) is 3.07. The van der Waals surface area contributed by atoms with Gasteiger partial charge in [-0.3, -0.25) is 5.32 Å². The van der Waals surface area contributed by atoms with E-state index in [0.29, 0.717) is 17.1 Å². The molecule has 118 valence electrons. The number of anilines is 1. The van der Waals surface area contributed by atoms with E-state index < -0.39 is 6.10 Å². The number of carbonyl (C=O) groups excluding carboxylic acids is 1. The number of aliphatic hydroxyl groups excluding tert-OH is 1. The largest absolute Gasteiger partial charge is 0.493 e. The lowest BCUT2D eigenvalue weighted by molar-refractivity contribution is 0.174. The number of amides is 2. The summed E-state index contributed by atoms with van der Waals surface area (Å²) in [6.45, 7) is 0.0900. The van der Waals surface area contributed by atoms with E-state index in [4.69, 9.17) is 9.47 Å². The van der Waals surface area contributed by atoms with Crippen LogP contribution in [0.15, 0.2) is 35.7 Å². The third-order valence-electron chi connectivity index (χ3n) is 3.01. The second-order valence-electron chi connectivity index (χ2n) is 4.44. The van der Waals surface area contributed by atoms with Gasteiger partial charge >= 0.3 is 6.03 Å². The molecule has 0 saturated heterocycles. The lowest BCUT2D eigenvalue weighted by atomic mass is 10.1. The van der Waals surface area contributed by atoms with Gasteiger partial charge in [0.15, 0.2) is 11.5 Å². The summed E-state index contributed by atoms with van der Waals surface area (Å²) in [5.41, 5.74) is 0.633. The van der Waals surface area contributed by atoms with Crippen molar-refractivity contribution in [2.45, 2.75) is 6.10 Å². The van der Waals surface area contributed by atoms with E-state index in [9.17, 15) is 9.90 Å². The molecule has 6 nitrogen and oxygen atoms in total. The number of carbonyl (C=O) groups is 1. The Hall–Kier alpha value is -2.25. The zero-order valence-electron chi connectivity index (χ0n) is 12.3. The first-order valence-corrected chi connectivity index (χ1v) is 7.50. The van der Waals surface area contributed by atoms with Crippen LogP contribution in [0, 0.1) is 0 Å². The van der Waals surface area contributed by atoms with Gasteiger partial charge in [0.25, 0.3) is 0 Å². The minimum absolute atomic E-state index is 0.0900. The van der Waals surface area contributed by atoms with Crippen LogP contribution < -0.4 is 20.1 Å². The van der Waals surface area contributed by atoms with Crippen molar-refractivity contribution in [3.63, 3.8) is 0 Å². The molecule has 0 fully saturated rings. The number of hydrogen-bond donors (Lipinski definition) is 3. The Bertz CT molecular complexity index is 616. The molecule has 2 amide bonds. The maximum atomic E-state index is 11.7. The number of methoxy groups -OCH3 is 2. The summed E-state index contributed by atoms with van der Waals surface area (Å²) in [6.07, 6.45) is -0.839. The van der Waals surface area contributed by atoms with Gasteiger partial charge in [0.2, 0.25) is 0 Å². The third kappa shape index (κ3) is 4.12. The zero-order chi connectivity index (χ0) is 15.9.